The Kier molecular flexibility index (Phi) is 7.53. The van der Waals surface area contributed by atoms with Gasteiger partial charge in [0.2, 0.25) is 0 Å². The van der Waals surface area contributed by atoms with Crippen molar-refractivity contribution in [2.24, 2.45) is 4.99 Å². The molecule has 1 amide bonds. The molecule has 0 bridgehead atoms. The summed E-state index contributed by atoms with van der Waals surface area (Å²) in [5.74, 6) is 0.836. The molecule has 1 N–H and O–H groups in total. The third-order valence-corrected chi connectivity index (χ3v) is 5.92. The summed E-state index contributed by atoms with van der Waals surface area (Å²) in [7, 11) is 0. The van der Waals surface area contributed by atoms with Gasteiger partial charge in [-0.25, -0.2) is 4.99 Å². The Hall–Kier alpha value is -4.03. The Bertz CT molecular complexity index is 1330. The number of aliphatic imine (C=N–C) groups is 1. The normalized spacial score (nSPS) is 15.9. The van der Waals surface area contributed by atoms with Crippen LogP contribution in [0.1, 0.15) is 25.1 Å². The number of amidine groups is 1. The van der Waals surface area contributed by atoms with E-state index >= 15 is 0 Å². The lowest BCUT2D eigenvalue weighted by atomic mass is 9.95. The Morgan fingerprint density at radius 1 is 1.17 bits per heavy atom. The molecule has 0 saturated carbocycles. The number of nitrogens with zero attached hydrogens (tertiary/aromatic N) is 4. The molecule has 0 unspecified atom stereocenters. The van der Waals surface area contributed by atoms with Gasteiger partial charge in [-0.3, -0.25) is 19.7 Å². The quantitative estimate of drug-likeness (QED) is 0.471. The number of hydrogen-bond donors (Lipinski definition) is 1. The van der Waals surface area contributed by atoms with Crippen molar-refractivity contribution in [3.63, 3.8) is 0 Å². The summed E-state index contributed by atoms with van der Waals surface area (Å²) in [5, 5.41) is 3.67. The van der Waals surface area contributed by atoms with Crippen LogP contribution in [0, 0.1) is 0 Å². The fourth-order valence-corrected chi connectivity index (χ4v) is 4.09. The lowest BCUT2D eigenvalue weighted by molar-refractivity contribution is -0.121. The molecule has 4 rings (SSSR count). The number of allylic oxidation sites excluding steroid dienone is 1. The highest BCUT2D eigenvalue weighted by Gasteiger charge is 2.30. The molecule has 2 aromatic heterocycles. The molecule has 176 valence electrons. The van der Waals surface area contributed by atoms with Crippen LogP contribution in [-0.4, -0.2) is 33.2 Å². The average molecular weight is 484 g/mol. The number of carbonyl (C=O) groups excluding carboxylic acids is 1. The van der Waals surface area contributed by atoms with E-state index in [1.807, 2.05) is 74.5 Å². The van der Waals surface area contributed by atoms with Crippen LogP contribution in [0.25, 0.3) is 16.7 Å². The minimum Gasteiger partial charge on any atom is -0.365 e. The van der Waals surface area contributed by atoms with Gasteiger partial charge in [-0.2, -0.15) is 0 Å². The Morgan fingerprint density at radius 2 is 2.03 bits per heavy atom. The number of amides is 1. The molecule has 3 heterocycles. The second-order valence-corrected chi connectivity index (χ2v) is 8.25. The predicted molar refractivity (Wildman–Crippen MR) is 141 cm³/mol. The van der Waals surface area contributed by atoms with Gasteiger partial charge in [0.05, 0.1) is 12.2 Å². The first-order valence-corrected chi connectivity index (χ1v) is 11.7. The summed E-state index contributed by atoms with van der Waals surface area (Å²) in [6, 6.07) is 15.3. The zero-order valence-electron chi connectivity index (χ0n) is 19.7. The Morgan fingerprint density at radius 3 is 2.69 bits per heavy atom. The number of nitrogens with one attached hydrogen (secondary N) is 1. The SMILES string of the molecule is C=C(/N=C1\C(=C/C)C=C(c2ccc(-c3cccnc3)cc2Cl)C(=O)N1CC)NCc1ccccn1. The summed E-state index contributed by atoms with van der Waals surface area (Å²) in [6.07, 6.45) is 9.01. The second kappa shape index (κ2) is 10.9. The first-order chi connectivity index (χ1) is 17.0. The van der Waals surface area contributed by atoms with Gasteiger partial charge >= 0.3 is 0 Å². The lowest BCUT2D eigenvalue weighted by Gasteiger charge is -2.30. The molecule has 0 radical (unpaired) electrons. The molecule has 0 aliphatic carbocycles. The number of likely N-dealkylation sites (N-methyl/N-ethyl adjacent to an activating group) is 1. The number of carbonyl (C=O) groups is 1. The summed E-state index contributed by atoms with van der Waals surface area (Å²) < 4.78 is 0. The minimum atomic E-state index is -0.162. The zero-order valence-corrected chi connectivity index (χ0v) is 20.5. The minimum absolute atomic E-state index is 0.162. The van der Waals surface area contributed by atoms with Crippen molar-refractivity contribution in [3.05, 3.63) is 114 Å². The third kappa shape index (κ3) is 5.39. The highest BCUT2D eigenvalue weighted by molar-refractivity contribution is 6.37. The van der Waals surface area contributed by atoms with E-state index in [-0.39, 0.29) is 5.91 Å². The van der Waals surface area contributed by atoms with Gasteiger partial charge in [0.15, 0.2) is 0 Å². The predicted octanol–water partition coefficient (Wildman–Crippen LogP) is 5.65. The molecule has 1 aliphatic heterocycles. The topological polar surface area (TPSA) is 70.5 Å². The molecule has 0 atom stereocenters. The number of benzene rings is 1. The van der Waals surface area contributed by atoms with Gasteiger partial charge in [0, 0.05) is 52.4 Å². The number of rotatable bonds is 7. The standard InChI is InChI=1S/C28H26ClN5O/c1-4-20-15-25(24-12-11-21(16-26(24)29)22-9-8-13-30-17-22)28(35)34(5-2)27(20)33-19(3)32-18-23-10-6-7-14-31-23/h4,6-17,32H,3,5,18H2,1-2H3/b20-4-,33-27+. The first kappa shape index (κ1) is 24.1. The van der Waals surface area contributed by atoms with Crippen LogP contribution in [0.4, 0.5) is 0 Å². The van der Waals surface area contributed by atoms with Crippen molar-refractivity contribution in [3.8, 4) is 11.1 Å². The van der Waals surface area contributed by atoms with Gasteiger partial charge < -0.3 is 5.32 Å². The lowest BCUT2D eigenvalue weighted by Crippen LogP contribution is -2.41. The maximum absolute atomic E-state index is 13.5. The highest BCUT2D eigenvalue weighted by atomic mass is 35.5. The van der Waals surface area contributed by atoms with E-state index in [1.165, 1.54) is 0 Å². The van der Waals surface area contributed by atoms with Crippen molar-refractivity contribution in [2.75, 3.05) is 6.54 Å². The maximum Gasteiger partial charge on any atom is 0.260 e. The summed E-state index contributed by atoms with van der Waals surface area (Å²) in [6.45, 7) is 8.79. The molecule has 3 aromatic rings. The fraction of sp³-hybridized carbons (Fsp3) is 0.143. The number of pyridine rings is 2. The summed E-state index contributed by atoms with van der Waals surface area (Å²) >= 11 is 6.67. The fourth-order valence-electron chi connectivity index (χ4n) is 3.81. The van der Waals surface area contributed by atoms with Crippen LogP contribution in [0.2, 0.25) is 5.02 Å². The van der Waals surface area contributed by atoms with E-state index in [4.69, 9.17) is 11.6 Å². The highest BCUT2D eigenvalue weighted by Crippen LogP contribution is 2.33. The molecule has 35 heavy (non-hydrogen) atoms. The van der Waals surface area contributed by atoms with Crippen molar-refractivity contribution in [1.29, 1.82) is 0 Å². The van der Waals surface area contributed by atoms with E-state index < -0.39 is 0 Å². The molecule has 1 aromatic carbocycles. The summed E-state index contributed by atoms with van der Waals surface area (Å²) in [4.78, 5) is 28.3. The van der Waals surface area contributed by atoms with Crippen LogP contribution in [0.15, 0.2) is 102 Å². The molecular weight excluding hydrogens is 458 g/mol. The Balaban J connectivity index is 1.63. The van der Waals surface area contributed by atoms with E-state index in [0.29, 0.717) is 40.9 Å². The van der Waals surface area contributed by atoms with Crippen LogP contribution in [0.3, 0.4) is 0 Å². The van der Waals surface area contributed by atoms with Crippen LogP contribution in [-0.2, 0) is 11.3 Å². The zero-order chi connectivity index (χ0) is 24.8. The Labute approximate surface area is 210 Å². The molecular formula is C28H26ClN5O. The molecule has 0 spiro atoms. The number of halogens is 1. The van der Waals surface area contributed by atoms with Gasteiger partial charge in [-0.05, 0) is 49.8 Å². The molecule has 0 saturated heterocycles. The smallest absolute Gasteiger partial charge is 0.260 e. The monoisotopic (exact) mass is 483 g/mol. The second-order valence-electron chi connectivity index (χ2n) is 7.84. The van der Waals surface area contributed by atoms with E-state index in [2.05, 4.69) is 26.9 Å². The first-order valence-electron chi connectivity index (χ1n) is 11.3. The van der Waals surface area contributed by atoms with Crippen LogP contribution < -0.4 is 5.32 Å². The van der Waals surface area contributed by atoms with Crippen molar-refractivity contribution >= 4 is 28.9 Å². The van der Waals surface area contributed by atoms with Crippen molar-refractivity contribution in [2.45, 2.75) is 20.4 Å². The van der Waals surface area contributed by atoms with Gasteiger partial charge in [-0.15, -0.1) is 0 Å². The van der Waals surface area contributed by atoms with Crippen molar-refractivity contribution < 1.29 is 4.79 Å². The van der Waals surface area contributed by atoms with Gasteiger partial charge in [-0.1, -0.05) is 48.5 Å². The van der Waals surface area contributed by atoms with Crippen molar-refractivity contribution in [1.82, 2.24) is 20.2 Å². The van der Waals surface area contributed by atoms with E-state index in [9.17, 15) is 4.79 Å². The van der Waals surface area contributed by atoms with Crippen LogP contribution >= 0.6 is 11.6 Å². The maximum atomic E-state index is 13.5. The van der Waals surface area contributed by atoms with E-state index in [0.717, 1.165) is 22.4 Å². The number of hydrogen-bond acceptors (Lipinski definition) is 5. The number of aromatic nitrogens is 2. The molecule has 0 fully saturated rings. The molecule has 7 heteroatoms. The average Bonchev–Trinajstić information content (AvgIpc) is 2.89. The van der Waals surface area contributed by atoms with E-state index in [1.54, 1.807) is 23.5 Å². The summed E-state index contributed by atoms with van der Waals surface area (Å²) in [5.41, 5.74) is 4.78. The molecule has 6 nitrogen and oxygen atoms in total. The molecule has 1 aliphatic rings. The van der Waals surface area contributed by atoms with Crippen LogP contribution in [0.5, 0.6) is 0 Å². The van der Waals surface area contributed by atoms with Gasteiger partial charge in [0.1, 0.15) is 11.7 Å². The third-order valence-electron chi connectivity index (χ3n) is 5.61. The van der Waals surface area contributed by atoms with Gasteiger partial charge in [0.25, 0.3) is 5.91 Å². The largest absolute Gasteiger partial charge is 0.365 e.